The number of amides is 1. The number of hydrogen-bond donors (Lipinski definition) is 2. The highest BCUT2D eigenvalue weighted by atomic mass is 16.2. The summed E-state index contributed by atoms with van der Waals surface area (Å²) in [4.78, 5) is 11.6. The van der Waals surface area contributed by atoms with Crippen LogP contribution in [0.3, 0.4) is 0 Å². The van der Waals surface area contributed by atoms with Crippen molar-refractivity contribution in [2.75, 3.05) is 5.43 Å². The van der Waals surface area contributed by atoms with Crippen molar-refractivity contribution in [2.45, 2.75) is 26.3 Å². The summed E-state index contributed by atoms with van der Waals surface area (Å²) in [5, 5.41) is 0. The first-order valence-corrected chi connectivity index (χ1v) is 4.84. The van der Waals surface area contributed by atoms with E-state index < -0.39 is 6.04 Å². The summed E-state index contributed by atoms with van der Waals surface area (Å²) >= 11 is 0. The second-order valence-electron chi connectivity index (χ2n) is 3.48. The van der Waals surface area contributed by atoms with Gasteiger partial charge in [-0.3, -0.25) is 14.9 Å². The van der Waals surface area contributed by atoms with E-state index in [0.29, 0.717) is 0 Å². The minimum atomic E-state index is -0.442. The normalized spacial score (nSPS) is 14.8. The van der Waals surface area contributed by atoms with E-state index in [1.165, 1.54) is 0 Å². The smallest absolute Gasteiger partial charge is 0.255 e. The summed E-state index contributed by atoms with van der Waals surface area (Å²) in [7, 11) is 0. The van der Waals surface area contributed by atoms with Crippen LogP contribution in [0.25, 0.3) is 0 Å². The fraction of sp³-hybridized carbons (Fsp3) is 0.500. The summed E-state index contributed by atoms with van der Waals surface area (Å²) in [5.41, 5.74) is 8.45. The molecule has 2 unspecified atom stereocenters. The molecule has 0 spiro atoms. The lowest BCUT2D eigenvalue weighted by Gasteiger charge is -2.17. The maximum atomic E-state index is 11.6. The molecule has 0 aliphatic carbocycles. The Morgan fingerprint density at radius 1 is 1.50 bits per heavy atom. The van der Waals surface area contributed by atoms with Gasteiger partial charge in [0, 0.05) is 12.4 Å². The van der Waals surface area contributed by atoms with Gasteiger partial charge in [-0.05, 0) is 18.1 Å². The highest BCUT2D eigenvalue weighted by Crippen LogP contribution is 2.05. The quantitative estimate of drug-likeness (QED) is 0.751. The van der Waals surface area contributed by atoms with Crippen LogP contribution in [0.5, 0.6) is 0 Å². The molecular weight excluding hydrogens is 178 g/mol. The Morgan fingerprint density at radius 2 is 2.07 bits per heavy atom. The Labute approximate surface area is 84.1 Å². The third-order valence-electron chi connectivity index (χ3n) is 2.40. The Bertz CT molecular complexity index is 282. The topological polar surface area (TPSA) is 60.1 Å². The highest BCUT2D eigenvalue weighted by molar-refractivity contribution is 5.88. The molecule has 0 saturated heterocycles. The molecule has 3 N–H and O–H groups in total. The molecule has 0 aliphatic heterocycles. The first kappa shape index (κ1) is 10.8. The molecule has 0 fully saturated rings. The predicted molar refractivity (Wildman–Crippen MR) is 56.2 cm³/mol. The van der Waals surface area contributed by atoms with Crippen LogP contribution < -0.4 is 11.2 Å². The molecule has 4 heteroatoms. The van der Waals surface area contributed by atoms with Gasteiger partial charge in [0.2, 0.25) is 0 Å². The average Bonchev–Trinajstić information content (AvgIpc) is 2.68. The van der Waals surface area contributed by atoms with Crippen molar-refractivity contribution in [3.63, 3.8) is 0 Å². The fourth-order valence-corrected chi connectivity index (χ4v) is 1.12. The Kier molecular flexibility index (Phi) is 3.71. The molecule has 0 saturated carbocycles. The van der Waals surface area contributed by atoms with Gasteiger partial charge in [0.25, 0.3) is 5.91 Å². The molecule has 1 aromatic rings. The van der Waals surface area contributed by atoms with Crippen LogP contribution in [-0.4, -0.2) is 16.6 Å². The number of carbonyl (C=O) groups is 1. The van der Waals surface area contributed by atoms with E-state index in [1.807, 2.05) is 26.0 Å². The van der Waals surface area contributed by atoms with E-state index in [0.717, 1.165) is 6.42 Å². The lowest BCUT2D eigenvalue weighted by molar-refractivity contribution is -0.119. The summed E-state index contributed by atoms with van der Waals surface area (Å²) in [6.45, 7) is 3.99. The first-order chi connectivity index (χ1) is 6.65. The van der Waals surface area contributed by atoms with Crippen molar-refractivity contribution < 1.29 is 4.79 Å². The van der Waals surface area contributed by atoms with Crippen molar-refractivity contribution in [1.29, 1.82) is 0 Å². The number of nitrogens with two attached hydrogens (primary N) is 1. The molecule has 78 valence electrons. The minimum absolute atomic E-state index is 0.143. The molecular formula is C10H17N3O. The number of rotatable bonds is 4. The third-order valence-corrected chi connectivity index (χ3v) is 2.40. The number of hydrogen-bond acceptors (Lipinski definition) is 2. The monoisotopic (exact) mass is 195 g/mol. The molecule has 2 atom stereocenters. The van der Waals surface area contributed by atoms with Gasteiger partial charge in [-0.1, -0.05) is 20.3 Å². The van der Waals surface area contributed by atoms with E-state index >= 15 is 0 Å². The van der Waals surface area contributed by atoms with Crippen molar-refractivity contribution >= 4 is 5.91 Å². The summed E-state index contributed by atoms with van der Waals surface area (Å²) < 4.78 is 1.60. The van der Waals surface area contributed by atoms with Gasteiger partial charge >= 0.3 is 0 Å². The molecule has 1 amide bonds. The van der Waals surface area contributed by atoms with Crippen molar-refractivity contribution in [3.8, 4) is 0 Å². The summed E-state index contributed by atoms with van der Waals surface area (Å²) in [6, 6.07) is 3.24. The van der Waals surface area contributed by atoms with E-state index in [2.05, 4.69) is 5.43 Å². The molecule has 0 aliphatic rings. The van der Waals surface area contributed by atoms with Crippen LogP contribution in [0.1, 0.15) is 20.3 Å². The largest absolute Gasteiger partial charge is 0.320 e. The van der Waals surface area contributed by atoms with Gasteiger partial charge in [-0.25, -0.2) is 0 Å². The number of carbonyl (C=O) groups excluding carboxylic acids is 1. The lowest BCUT2D eigenvalue weighted by atomic mass is 10.00. The zero-order chi connectivity index (χ0) is 10.6. The van der Waals surface area contributed by atoms with Crippen LogP contribution in [0.15, 0.2) is 24.5 Å². The van der Waals surface area contributed by atoms with Crippen molar-refractivity contribution in [3.05, 3.63) is 24.5 Å². The molecule has 0 aromatic carbocycles. The number of aromatic nitrogens is 1. The molecule has 0 bridgehead atoms. The van der Waals surface area contributed by atoms with E-state index in [9.17, 15) is 4.79 Å². The average molecular weight is 195 g/mol. The SMILES string of the molecule is CCC(C)C(N)C(=O)Nn1cccc1. The van der Waals surface area contributed by atoms with Crippen LogP contribution in [0.2, 0.25) is 0 Å². The molecule has 0 radical (unpaired) electrons. The number of nitrogens with zero attached hydrogens (tertiary/aromatic N) is 1. The second kappa shape index (κ2) is 4.81. The Balaban J connectivity index is 2.50. The molecule has 4 nitrogen and oxygen atoms in total. The van der Waals surface area contributed by atoms with Gasteiger partial charge < -0.3 is 5.73 Å². The lowest BCUT2D eigenvalue weighted by Crippen LogP contribution is -2.43. The standard InChI is InChI=1S/C10H17N3O/c1-3-8(2)9(11)10(14)12-13-6-4-5-7-13/h4-9H,3,11H2,1-2H3,(H,12,14). The second-order valence-corrected chi connectivity index (χ2v) is 3.48. The maximum Gasteiger partial charge on any atom is 0.255 e. The fourth-order valence-electron chi connectivity index (χ4n) is 1.12. The van der Waals surface area contributed by atoms with Crippen LogP contribution in [0, 0.1) is 5.92 Å². The Morgan fingerprint density at radius 3 is 2.57 bits per heavy atom. The molecule has 14 heavy (non-hydrogen) atoms. The third kappa shape index (κ3) is 2.60. The summed E-state index contributed by atoms with van der Waals surface area (Å²) in [6.07, 6.45) is 4.43. The van der Waals surface area contributed by atoms with Crippen LogP contribution in [0.4, 0.5) is 0 Å². The zero-order valence-electron chi connectivity index (χ0n) is 8.60. The van der Waals surface area contributed by atoms with Gasteiger partial charge in [0.15, 0.2) is 0 Å². The summed E-state index contributed by atoms with van der Waals surface area (Å²) in [5.74, 6) is 0.0566. The van der Waals surface area contributed by atoms with Crippen LogP contribution in [-0.2, 0) is 4.79 Å². The van der Waals surface area contributed by atoms with Gasteiger partial charge in [0.05, 0.1) is 6.04 Å². The maximum absolute atomic E-state index is 11.6. The molecule has 1 aromatic heterocycles. The zero-order valence-corrected chi connectivity index (χ0v) is 8.60. The van der Waals surface area contributed by atoms with E-state index in [-0.39, 0.29) is 11.8 Å². The highest BCUT2D eigenvalue weighted by Gasteiger charge is 2.18. The minimum Gasteiger partial charge on any atom is -0.320 e. The first-order valence-electron chi connectivity index (χ1n) is 4.84. The molecule has 1 rings (SSSR count). The van der Waals surface area contributed by atoms with Crippen LogP contribution >= 0.6 is 0 Å². The van der Waals surface area contributed by atoms with E-state index in [1.54, 1.807) is 17.1 Å². The van der Waals surface area contributed by atoms with Gasteiger partial charge in [-0.2, -0.15) is 0 Å². The van der Waals surface area contributed by atoms with Gasteiger partial charge in [0.1, 0.15) is 0 Å². The van der Waals surface area contributed by atoms with Crippen molar-refractivity contribution in [2.24, 2.45) is 11.7 Å². The van der Waals surface area contributed by atoms with Crippen molar-refractivity contribution in [1.82, 2.24) is 4.68 Å². The Hall–Kier alpha value is -1.29. The number of nitrogens with one attached hydrogen (secondary N) is 1. The van der Waals surface area contributed by atoms with Gasteiger partial charge in [-0.15, -0.1) is 0 Å². The molecule has 1 heterocycles. The van der Waals surface area contributed by atoms with E-state index in [4.69, 9.17) is 5.73 Å². The predicted octanol–water partition coefficient (Wildman–Crippen LogP) is 0.932.